The van der Waals surface area contributed by atoms with E-state index in [0.29, 0.717) is 19.3 Å². The van der Waals surface area contributed by atoms with E-state index in [1.54, 1.807) is 12.2 Å². The zero-order chi connectivity index (χ0) is 33.1. The Bertz CT molecular complexity index is 797. The zero-order valence-corrected chi connectivity index (χ0v) is 28.6. The van der Waals surface area contributed by atoms with Crippen LogP contribution in [0.15, 0.2) is 12.2 Å². The van der Waals surface area contributed by atoms with Crippen LogP contribution in [-0.4, -0.2) is 64.6 Å². The second-order valence-corrected chi connectivity index (χ2v) is 13.1. The molecular weight excluding hydrogens is 572 g/mol. The number of carbonyl (C=O) groups excluding carboxylic acids is 3. The van der Waals surface area contributed by atoms with Gasteiger partial charge in [-0.25, -0.2) is 0 Å². The van der Waals surface area contributed by atoms with Gasteiger partial charge in [-0.05, 0) is 31.6 Å². The fourth-order valence-electron chi connectivity index (χ4n) is 6.05. The molecule has 262 valence electrons. The van der Waals surface area contributed by atoms with Gasteiger partial charge in [-0.3, -0.25) is 14.4 Å². The van der Waals surface area contributed by atoms with E-state index in [9.17, 15) is 29.7 Å². The van der Waals surface area contributed by atoms with Gasteiger partial charge in [0.15, 0.2) is 0 Å². The summed E-state index contributed by atoms with van der Waals surface area (Å²) in [6.45, 7) is 3.98. The van der Waals surface area contributed by atoms with E-state index >= 15 is 0 Å². The summed E-state index contributed by atoms with van der Waals surface area (Å²) in [6.07, 6.45) is 23.1. The summed E-state index contributed by atoms with van der Waals surface area (Å²) in [6, 6.07) is 0. The van der Waals surface area contributed by atoms with Crippen molar-refractivity contribution in [2.75, 3.05) is 13.2 Å². The quantitative estimate of drug-likeness (QED) is 0.0435. The molecule has 0 spiro atoms. The minimum atomic E-state index is -1.03. The number of unbranched alkanes of at least 4 members (excludes halogenated alkanes) is 15. The molecule has 45 heavy (non-hydrogen) atoms. The number of carbonyl (C=O) groups is 3. The van der Waals surface area contributed by atoms with E-state index in [-0.39, 0.29) is 55.6 Å². The molecule has 0 aromatic heterocycles. The Hall–Kier alpha value is -1.77. The lowest BCUT2D eigenvalue weighted by Gasteiger charge is -2.19. The first kappa shape index (κ1) is 41.3. The third-order valence-corrected chi connectivity index (χ3v) is 8.91. The van der Waals surface area contributed by atoms with Crippen LogP contribution in [0.4, 0.5) is 0 Å². The summed E-state index contributed by atoms with van der Waals surface area (Å²) >= 11 is 0. The van der Waals surface area contributed by atoms with Gasteiger partial charge in [0.1, 0.15) is 25.1 Å². The molecular formula is C37H66O8. The fourth-order valence-corrected chi connectivity index (χ4v) is 6.05. The zero-order valence-electron chi connectivity index (χ0n) is 28.6. The molecule has 3 N–H and O–H groups in total. The minimum absolute atomic E-state index is 0.0357. The topological polar surface area (TPSA) is 130 Å². The highest BCUT2D eigenvalue weighted by Crippen LogP contribution is 2.34. The van der Waals surface area contributed by atoms with Crippen molar-refractivity contribution in [3.05, 3.63) is 12.2 Å². The number of hydrogen-bond acceptors (Lipinski definition) is 8. The summed E-state index contributed by atoms with van der Waals surface area (Å²) < 4.78 is 10.3. The second-order valence-electron chi connectivity index (χ2n) is 13.1. The fraction of sp³-hybridized carbons (Fsp3) is 0.865. The third kappa shape index (κ3) is 21.6. The molecule has 8 heteroatoms. The summed E-state index contributed by atoms with van der Waals surface area (Å²) in [4.78, 5) is 36.4. The van der Waals surface area contributed by atoms with Gasteiger partial charge in [0.05, 0.1) is 12.2 Å². The molecule has 0 unspecified atom stereocenters. The summed E-state index contributed by atoms with van der Waals surface area (Å²) in [5.41, 5.74) is 0. The number of Topliss-reactive ketones (excluding diaryl/α,β-unsaturated/α-hetero) is 1. The summed E-state index contributed by atoms with van der Waals surface area (Å²) in [7, 11) is 0. The van der Waals surface area contributed by atoms with Crippen molar-refractivity contribution < 1.29 is 39.2 Å². The van der Waals surface area contributed by atoms with Gasteiger partial charge < -0.3 is 24.8 Å². The Morgan fingerprint density at radius 2 is 1.20 bits per heavy atom. The van der Waals surface area contributed by atoms with E-state index in [4.69, 9.17) is 9.47 Å². The number of ketones is 1. The summed E-state index contributed by atoms with van der Waals surface area (Å²) in [5.74, 6) is -1.15. The highest BCUT2D eigenvalue weighted by molar-refractivity contribution is 5.86. The van der Waals surface area contributed by atoms with Crippen LogP contribution in [0.3, 0.4) is 0 Å². The number of hydrogen-bond donors (Lipinski definition) is 3. The molecule has 8 nitrogen and oxygen atoms in total. The van der Waals surface area contributed by atoms with Crippen molar-refractivity contribution in [3.8, 4) is 0 Å². The van der Waals surface area contributed by atoms with Crippen molar-refractivity contribution in [1.29, 1.82) is 0 Å². The van der Waals surface area contributed by atoms with Gasteiger partial charge in [-0.15, -0.1) is 0 Å². The van der Waals surface area contributed by atoms with Crippen molar-refractivity contribution >= 4 is 17.7 Å². The van der Waals surface area contributed by atoms with Crippen LogP contribution >= 0.6 is 0 Å². The molecule has 0 radical (unpaired) electrons. The number of aliphatic hydroxyl groups is 3. The molecule has 1 rings (SSSR count). The maximum Gasteiger partial charge on any atom is 0.305 e. The van der Waals surface area contributed by atoms with E-state index in [0.717, 1.165) is 64.2 Å². The van der Waals surface area contributed by atoms with Crippen LogP contribution in [-0.2, 0) is 23.9 Å². The molecule has 0 aromatic carbocycles. The summed E-state index contributed by atoms with van der Waals surface area (Å²) in [5, 5.41) is 30.6. The van der Waals surface area contributed by atoms with Crippen molar-refractivity contribution in [2.45, 2.75) is 180 Å². The maximum absolute atomic E-state index is 12.4. The van der Waals surface area contributed by atoms with Gasteiger partial charge in [0, 0.05) is 25.2 Å². The van der Waals surface area contributed by atoms with E-state index < -0.39 is 18.3 Å². The van der Waals surface area contributed by atoms with Crippen LogP contribution in [0.5, 0.6) is 0 Å². The van der Waals surface area contributed by atoms with Crippen molar-refractivity contribution in [3.63, 3.8) is 0 Å². The predicted molar refractivity (Wildman–Crippen MR) is 179 cm³/mol. The predicted octanol–water partition coefficient (Wildman–Crippen LogP) is 7.54. The van der Waals surface area contributed by atoms with Crippen LogP contribution in [0.2, 0.25) is 0 Å². The lowest BCUT2D eigenvalue weighted by atomic mass is 9.88. The largest absolute Gasteiger partial charge is 0.463 e. The van der Waals surface area contributed by atoms with Crippen LogP contribution in [0.25, 0.3) is 0 Å². The number of rotatable bonds is 29. The van der Waals surface area contributed by atoms with E-state index in [2.05, 4.69) is 13.8 Å². The van der Waals surface area contributed by atoms with Crippen molar-refractivity contribution in [2.24, 2.45) is 11.8 Å². The Labute approximate surface area is 273 Å². The van der Waals surface area contributed by atoms with Gasteiger partial charge in [-0.2, -0.15) is 0 Å². The molecule has 0 amide bonds. The number of esters is 2. The second kappa shape index (κ2) is 27.4. The Kier molecular flexibility index (Phi) is 25.1. The minimum Gasteiger partial charge on any atom is -0.463 e. The average Bonchev–Trinajstić information content (AvgIpc) is 3.29. The van der Waals surface area contributed by atoms with Crippen LogP contribution in [0, 0.1) is 11.8 Å². The third-order valence-electron chi connectivity index (χ3n) is 8.91. The first-order chi connectivity index (χ1) is 21.8. The smallest absolute Gasteiger partial charge is 0.305 e. The Morgan fingerprint density at radius 1 is 0.733 bits per heavy atom. The molecule has 0 aromatic rings. The van der Waals surface area contributed by atoms with Crippen LogP contribution in [0.1, 0.15) is 162 Å². The highest BCUT2D eigenvalue weighted by atomic mass is 16.6. The molecule has 0 bridgehead atoms. The molecule has 1 aliphatic carbocycles. The van der Waals surface area contributed by atoms with Crippen LogP contribution < -0.4 is 0 Å². The monoisotopic (exact) mass is 638 g/mol. The molecule has 0 saturated heterocycles. The van der Waals surface area contributed by atoms with E-state index in [1.165, 1.54) is 51.4 Å². The first-order valence-electron chi connectivity index (χ1n) is 18.3. The van der Waals surface area contributed by atoms with E-state index in [1.807, 2.05) is 0 Å². The Morgan fingerprint density at radius 3 is 1.73 bits per heavy atom. The molecule has 0 aliphatic heterocycles. The van der Waals surface area contributed by atoms with Gasteiger partial charge >= 0.3 is 11.9 Å². The van der Waals surface area contributed by atoms with Gasteiger partial charge in [0.25, 0.3) is 0 Å². The number of ether oxygens (including phenoxy) is 2. The lowest BCUT2D eigenvalue weighted by Crippen LogP contribution is -2.25. The SMILES string of the molecule is CCCCCCCCCCCCCC(=O)OC[C@@H](O)COC(=O)CCCCCC[C@H]1[C@@H](O)CC(=O)[C@@H]1/C=C/[C@@H](O)CCCCC. The van der Waals surface area contributed by atoms with Gasteiger partial charge in [-0.1, -0.05) is 129 Å². The average molecular weight is 639 g/mol. The molecule has 0 heterocycles. The first-order valence-corrected chi connectivity index (χ1v) is 18.3. The maximum atomic E-state index is 12.4. The molecule has 5 atom stereocenters. The highest BCUT2D eigenvalue weighted by Gasteiger charge is 2.39. The standard InChI is InChI=1S/C37H66O8/c1-3-5-7-8-9-10-11-12-13-14-19-23-36(42)44-28-31(39)29-45-37(43)24-20-16-15-18-22-32-33(35(41)27-34(32)40)26-25-30(38)21-17-6-4-2/h25-26,30-34,38-40H,3-24,27-29H2,1-2H3/b26-25+/t30-,31+,32+,33+,34-/m0/s1. The molecule has 1 fully saturated rings. The number of aliphatic hydroxyl groups excluding tert-OH is 3. The van der Waals surface area contributed by atoms with Crippen molar-refractivity contribution in [1.82, 2.24) is 0 Å². The number of allylic oxidation sites excluding steroid dienone is 1. The van der Waals surface area contributed by atoms with Gasteiger partial charge in [0.2, 0.25) is 0 Å². The normalized spacial score (nSPS) is 19.7. The lowest BCUT2D eigenvalue weighted by molar-refractivity contribution is -0.152. The Balaban J connectivity index is 2.06. The molecule has 1 aliphatic rings. The molecule has 1 saturated carbocycles.